The Hall–Kier alpha value is -0.610. The molecule has 0 amide bonds. The molecule has 0 saturated carbocycles. The number of carbonyl (C=O) groups is 1. The second-order valence-electron chi connectivity index (χ2n) is 4.94. The molecule has 1 unspecified atom stereocenters. The van der Waals surface area contributed by atoms with Crippen LogP contribution < -0.4 is 5.32 Å². The Kier molecular flexibility index (Phi) is 6.52. The lowest BCUT2D eigenvalue weighted by molar-refractivity contribution is -0.142. The van der Waals surface area contributed by atoms with Crippen molar-refractivity contribution >= 4 is 5.97 Å². The van der Waals surface area contributed by atoms with Crippen LogP contribution in [0.15, 0.2) is 0 Å². The Balaban J connectivity index is 2.24. The summed E-state index contributed by atoms with van der Waals surface area (Å²) in [4.78, 5) is 13.8. The molecular weight excluding hydrogens is 216 g/mol. The topological polar surface area (TPSA) is 41.6 Å². The first-order chi connectivity index (χ1) is 8.13. The van der Waals surface area contributed by atoms with Gasteiger partial charge in [-0.2, -0.15) is 0 Å². The van der Waals surface area contributed by atoms with E-state index < -0.39 is 0 Å². The maximum Gasteiger partial charge on any atom is 0.319 e. The number of rotatable bonds is 5. The van der Waals surface area contributed by atoms with Crippen molar-refractivity contribution in [1.82, 2.24) is 10.2 Å². The lowest BCUT2D eigenvalue weighted by Gasteiger charge is -2.24. The van der Waals surface area contributed by atoms with Gasteiger partial charge in [-0.15, -0.1) is 0 Å². The molecule has 1 aliphatic heterocycles. The molecule has 1 aliphatic rings. The van der Waals surface area contributed by atoms with Crippen molar-refractivity contribution < 1.29 is 9.53 Å². The van der Waals surface area contributed by atoms with Gasteiger partial charge in [0, 0.05) is 12.1 Å². The third-order valence-corrected chi connectivity index (χ3v) is 3.33. The van der Waals surface area contributed by atoms with Gasteiger partial charge < -0.3 is 15.0 Å². The summed E-state index contributed by atoms with van der Waals surface area (Å²) in [7, 11) is 0. The lowest BCUT2D eigenvalue weighted by Crippen LogP contribution is -2.36. The second-order valence-corrected chi connectivity index (χ2v) is 4.94. The number of hydrogen-bond donors (Lipinski definition) is 1. The average molecular weight is 242 g/mol. The van der Waals surface area contributed by atoms with E-state index in [9.17, 15) is 4.79 Å². The average Bonchev–Trinajstić information content (AvgIpc) is 2.52. The zero-order valence-electron chi connectivity index (χ0n) is 11.4. The molecule has 1 saturated heterocycles. The molecule has 4 heteroatoms. The third kappa shape index (κ3) is 5.50. The van der Waals surface area contributed by atoms with E-state index in [1.807, 2.05) is 6.92 Å². The molecule has 1 atom stereocenters. The standard InChI is InChI=1S/C13H26N2O2/c1-4-17-13(16)10-14-12-6-5-8-15(9-7-12)11(2)3/h11-12,14H,4-10H2,1-3H3. The van der Waals surface area contributed by atoms with Crippen LogP contribution in [0.4, 0.5) is 0 Å². The van der Waals surface area contributed by atoms with Crippen LogP contribution in [-0.4, -0.2) is 49.2 Å². The van der Waals surface area contributed by atoms with Crippen molar-refractivity contribution in [2.75, 3.05) is 26.2 Å². The largest absolute Gasteiger partial charge is 0.465 e. The van der Waals surface area contributed by atoms with E-state index in [1.165, 1.54) is 13.0 Å². The predicted octanol–water partition coefficient (Wildman–Crippen LogP) is 1.40. The number of esters is 1. The monoisotopic (exact) mass is 242 g/mol. The zero-order valence-corrected chi connectivity index (χ0v) is 11.4. The number of carbonyl (C=O) groups excluding carboxylic acids is 1. The van der Waals surface area contributed by atoms with Gasteiger partial charge in [-0.05, 0) is 53.1 Å². The quantitative estimate of drug-likeness (QED) is 0.740. The van der Waals surface area contributed by atoms with E-state index in [4.69, 9.17) is 4.74 Å². The van der Waals surface area contributed by atoms with Gasteiger partial charge in [0.1, 0.15) is 0 Å². The number of nitrogens with zero attached hydrogens (tertiary/aromatic N) is 1. The maximum atomic E-state index is 11.2. The molecule has 100 valence electrons. The van der Waals surface area contributed by atoms with Crippen molar-refractivity contribution in [2.45, 2.75) is 52.1 Å². The molecule has 0 aliphatic carbocycles. The van der Waals surface area contributed by atoms with Gasteiger partial charge in [0.25, 0.3) is 0 Å². The SMILES string of the molecule is CCOC(=O)CNC1CCCN(C(C)C)CC1. The summed E-state index contributed by atoms with van der Waals surface area (Å²) >= 11 is 0. The Morgan fingerprint density at radius 1 is 1.41 bits per heavy atom. The maximum absolute atomic E-state index is 11.2. The van der Waals surface area contributed by atoms with Crippen LogP contribution >= 0.6 is 0 Å². The minimum atomic E-state index is -0.141. The van der Waals surface area contributed by atoms with E-state index in [0.29, 0.717) is 25.2 Å². The summed E-state index contributed by atoms with van der Waals surface area (Å²) in [6.07, 6.45) is 3.49. The van der Waals surface area contributed by atoms with E-state index >= 15 is 0 Å². The Bertz CT molecular complexity index is 231. The van der Waals surface area contributed by atoms with Gasteiger partial charge in [0.15, 0.2) is 0 Å². The highest BCUT2D eigenvalue weighted by Gasteiger charge is 2.18. The molecule has 4 nitrogen and oxygen atoms in total. The van der Waals surface area contributed by atoms with Crippen LogP contribution in [-0.2, 0) is 9.53 Å². The first kappa shape index (κ1) is 14.5. The minimum absolute atomic E-state index is 0.141. The molecule has 1 N–H and O–H groups in total. The van der Waals surface area contributed by atoms with Crippen molar-refractivity contribution in [1.29, 1.82) is 0 Å². The smallest absolute Gasteiger partial charge is 0.319 e. The molecule has 0 aromatic heterocycles. The Labute approximate surface area is 105 Å². The summed E-state index contributed by atoms with van der Waals surface area (Å²) < 4.78 is 4.91. The van der Waals surface area contributed by atoms with Gasteiger partial charge in [-0.1, -0.05) is 0 Å². The Morgan fingerprint density at radius 3 is 2.82 bits per heavy atom. The first-order valence-corrected chi connectivity index (χ1v) is 6.76. The lowest BCUT2D eigenvalue weighted by atomic mass is 10.1. The van der Waals surface area contributed by atoms with E-state index in [1.54, 1.807) is 0 Å². The Morgan fingerprint density at radius 2 is 2.18 bits per heavy atom. The summed E-state index contributed by atoms with van der Waals surface area (Å²) in [6, 6.07) is 1.09. The predicted molar refractivity (Wildman–Crippen MR) is 69.0 cm³/mol. The molecule has 0 spiro atoms. The molecule has 17 heavy (non-hydrogen) atoms. The van der Waals surface area contributed by atoms with Gasteiger partial charge in [0.2, 0.25) is 0 Å². The van der Waals surface area contributed by atoms with Crippen LogP contribution in [0.2, 0.25) is 0 Å². The zero-order chi connectivity index (χ0) is 12.7. The van der Waals surface area contributed by atoms with E-state index in [-0.39, 0.29) is 5.97 Å². The van der Waals surface area contributed by atoms with Gasteiger partial charge in [0.05, 0.1) is 13.2 Å². The normalized spacial score (nSPS) is 22.5. The highest BCUT2D eigenvalue weighted by molar-refractivity contribution is 5.71. The molecule has 1 heterocycles. The van der Waals surface area contributed by atoms with E-state index in [0.717, 1.165) is 19.4 Å². The van der Waals surface area contributed by atoms with Gasteiger partial charge >= 0.3 is 5.97 Å². The van der Waals surface area contributed by atoms with Crippen LogP contribution in [0.1, 0.15) is 40.0 Å². The molecule has 0 bridgehead atoms. The van der Waals surface area contributed by atoms with Crippen LogP contribution in [0, 0.1) is 0 Å². The molecule has 0 radical (unpaired) electrons. The molecule has 0 aromatic rings. The number of ether oxygens (including phenoxy) is 1. The fraction of sp³-hybridized carbons (Fsp3) is 0.923. The molecular formula is C13H26N2O2. The second kappa shape index (κ2) is 7.67. The number of hydrogen-bond acceptors (Lipinski definition) is 4. The number of nitrogens with one attached hydrogen (secondary N) is 1. The summed E-state index contributed by atoms with van der Waals surface area (Å²) in [5.41, 5.74) is 0. The fourth-order valence-corrected chi connectivity index (χ4v) is 2.28. The van der Waals surface area contributed by atoms with Crippen LogP contribution in [0.25, 0.3) is 0 Å². The first-order valence-electron chi connectivity index (χ1n) is 6.76. The molecule has 1 rings (SSSR count). The third-order valence-electron chi connectivity index (χ3n) is 3.33. The number of likely N-dealkylation sites (tertiary alicyclic amines) is 1. The van der Waals surface area contributed by atoms with Crippen molar-refractivity contribution in [3.05, 3.63) is 0 Å². The summed E-state index contributed by atoms with van der Waals surface area (Å²) in [6.45, 7) is 9.43. The fourth-order valence-electron chi connectivity index (χ4n) is 2.28. The van der Waals surface area contributed by atoms with Gasteiger partial charge in [-0.25, -0.2) is 0 Å². The summed E-state index contributed by atoms with van der Waals surface area (Å²) in [5.74, 6) is -0.141. The summed E-state index contributed by atoms with van der Waals surface area (Å²) in [5, 5.41) is 3.30. The van der Waals surface area contributed by atoms with Gasteiger partial charge in [-0.3, -0.25) is 4.79 Å². The van der Waals surface area contributed by atoms with Crippen LogP contribution in [0.3, 0.4) is 0 Å². The highest BCUT2D eigenvalue weighted by Crippen LogP contribution is 2.13. The van der Waals surface area contributed by atoms with Crippen LogP contribution in [0.5, 0.6) is 0 Å². The molecule has 0 aromatic carbocycles. The minimum Gasteiger partial charge on any atom is -0.465 e. The molecule has 1 fully saturated rings. The van der Waals surface area contributed by atoms with Crippen molar-refractivity contribution in [3.63, 3.8) is 0 Å². The highest BCUT2D eigenvalue weighted by atomic mass is 16.5. The van der Waals surface area contributed by atoms with Crippen molar-refractivity contribution in [3.8, 4) is 0 Å². The van der Waals surface area contributed by atoms with Crippen molar-refractivity contribution in [2.24, 2.45) is 0 Å². The van der Waals surface area contributed by atoms with E-state index in [2.05, 4.69) is 24.1 Å².